The van der Waals surface area contributed by atoms with Crippen LogP contribution in [0.5, 0.6) is 0 Å². The summed E-state index contributed by atoms with van der Waals surface area (Å²) < 4.78 is 28.0. The molecule has 2 N–H and O–H groups in total. The van der Waals surface area contributed by atoms with E-state index in [0.717, 1.165) is 18.0 Å². The summed E-state index contributed by atoms with van der Waals surface area (Å²) in [6.45, 7) is 0.624. The van der Waals surface area contributed by atoms with Crippen molar-refractivity contribution < 1.29 is 13.9 Å². The van der Waals surface area contributed by atoms with Crippen LogP contribution < -0.4 is 5.32 Å². The Kier molecular flexibility index (Phi) is 4.24. The highest BCUT2D eigenvalue weighted by Gasteiger charge is 2.13. The molecule has 0 bridgehead atoms. The number of nitrogens with zero attached hydrogens (tertiary/aromatic N) is 2. The smallest absolute Gasteiger partial charge is 0.131 e. The first-order chi connectivity index (χ1) is 9.08. The minimum absolute atomic E-state index is 0.0775. The number of rotatable bonds is 5. The SMILES string of the molecule is Cn1ccnc1CNCC(O)c1ccc(F)cc1F. The number of imidazole rings is 1. The Morgan fingerprint density at radius 2 is 2.21 bits per heavy atom. The van der Waals surface area contributed by atoms with Crippen LogP contribution in [0.15, 0.2) is 30.6 Å². The molecular formula is C13H15F2N3O. The molecule has 1 heterocycles. The first kappa shape index (κ1) is 13.6. The summed E-state index contributed by atoms with van der Waals surface area (Å²) in [6.07, 6.45) is 2.46. The van der Waals surface area contributed by atoms with E-state index >= 15 is 0 Å². The van der Waals surface area contributed by atoms with Gasteiger partial charge in [-0.15, -0.1) is 0 Å². The lowest BCUT2D eigenvalue weighted by Gasteiger charge is -2.13. The summed E-state index contributed by atoms with van der Waals surface area (Å²) in [5.41, 5.74) is 0.0775. The topological polar surface area (TPSA) is 50.1 Å². The fourth-order valence-electron chi connectivity index (χ4n) is 1.77. The molecule has 2 rings (SSSR count). The quantitative estimate of drug-likeness (QED) is 0.863. The molecule has 0 aliphatic carbocycles. The van der Waals surface area contributed by atoms with Gasteiger partial charge in [0.15, 0.2) is 0 Å². The third kappa shape index (κ3) is 3.36. The van der Waals surface area contributed by atoms with Crippen LogP contribution >= 0.6 is 0 Å². The molecule has 0 fully saturated rings. The van der Waals surface area contributed by atoms with E-state index in [1.54, 1.807) is 6.20 Å². The minimum Gasteiger partial charge on any atom is -0.387 e. The molecule has 0 saturated carbocycles. The van der Waals surface area contributed by atoms with Gasteiger partial charge in [-0.25, -0.2) is 13.8 Å². The predicted molar refractivity (Wildman–Crippen MR) is 66.2 cm³/mol. The Balaban J connectivity index is 1.91. The van der Waals surface area contributed by atoms with E-state index in [4.69, 9.17) is 0 Å². The average molecular weight is 267 g/mol. The Labute approximate surface area is 109 Å². The van der Waals surface area contributed by atoms with Crippen LogP contribution in [0.25, 0.3) is 0 Å². The van der Waals surface area contributed by atoms with Gasteiger partial charge in [0.1, 0.15) is 17.5 Å². The van der Waals surface area contributed by atoms with Gasteiger partial charge in [-0.3, -0.25) is 0 Å². The second-order valence-corrected chi connectivity index (χ2v) is 4.27. The van der Waals surface area contributed by atoms with Gasteiger partial charge in [0, 0.05) is 37.6 Å². The van der Waals surface area contributed by atoms with Gasteiger partial charge in [0.05, 0.1) is 12.6 Å². The third-order valence-electron chi connectivity index (χ3n) is 2.86. The Morgan fingerprint density at radius 1 is 1.42 bits per heavy atom. The number of hydrogen-bond donors (Lipinski definition) is 2. The van der Waals surface area contributed by atoms with Gasteiger partial charge in [-0.05, 0) is 6.07 Å². The number of aryl methyl sites for hydroxylation is 1. The van der Waals surface area contributed by atoms with Gasteiger partial charge < -0.3 is 15.0 Å². The highest BCUT2D eigenvalue weighted by molar-refractivity contribution is 5.21. The van der Waals surface area contributed by atoms with E-state index < -0.39 is 17.7 Å². The molecule has 0 saturated heterocycles. The molecule has 6 heteroatoms. The molecule has 2 aromatic rings. The molecule has 1 atom stereocenters. The maximum Gasteiger partial charge on any atom is 0.131 e. The second-order valence-electron chi connectivity index (χ2n) is 4.27. The lowest BCUT2D eigenvalue weighted by molar-refractivity contribution is 0.169. The van der Waals surface area contributed by atoms with E-state index in [1.807, 2.05) is 17.8 Å². The van der Waals surface area contributed by atoms with Crippen LogP contribution in [0.1, 0.15) is 17.5 Å². The zero-order valence-electron chi connectivity index (χ0n) is 10.5. The molecule has 0 aliphatic rings. The summed E-state index contributed by atoms with van der Waals surface area (Å²) in [6, 6.07) is 3.13. The van der Waals surface area contributed by atoms with Crippen molar-refractivity contribution in [2.24, 2.45) is 7.05 Å². The molecule has 4 nitrogen and oxygen atoms in total. The summed E-state index contributed by atoms with van der Waals surface area (Å²) in [7, 11) is 1.86. The van der Waals surface area contributed by atoms with Crippen LogP contribution in [0.4, 0.5) is 8.78 Å². The lowest BCUT2D eigenvalue weighted by atomic mass is 10.1. The number of aliphatic hydroxyl groups is 1. The average Bonchev–Trinajstić information content (AvgIpc) is 2.75. The minimum atomic E-state index is -1.03. The van der Waals surface area contributed by atoms with Crippen molar-refractivity contribution in [2.45, 2.75) is 12.6 Å². The van der Waals surface area contributed by atoms with E-state index in [1.165, 1.54) is 6.07 Å². The summed E-state index contributed by atoms with van der Waals surface area (Å²) in [5.74, 6) is -0.590. The largest absolute Gasteiger partial charge is 0.387 e. The highest BCUT2D eigenvalue weighted by atomic mass is 19.1. The molecule has 0 aliphatic heterocycles. The number of halogens is 2. The fourth-order valence-corrected chi connectivity index (χ4v) is 1.77. The van der Waals surface area contributed by atoms with Crippen molar-refractivity contribution in [3.63, 3.8) is 0 Å². The third-order valence-corrected chi connectivity index (χ3v) is 2.86. The van der Waals surface area contributed by atoms with E-state index in [-0.39, 0.29) is 12.1 Å². The number of benzene rings is 1. The second kappa shape index (κ2) is 5.90. The molecule has 0 spiro atoms. The van der Waals surface area contributed by atoms with Crippen LogP contribution in [0, 0.1) is 11.6 Å². The zero-order valence-corrected chi connectivity index (χ0v) is 10.5. The lowest BCUT2D eigenvalue weighted by Crippen LogP contribution is -2.23. The van der Waals surface area contributed by atoms with Crippen molar-refractivity contribution in [3.8, 4) is 0 Å². The first-order valence-electron chi connectivity index (χ1n) is 5.88. The predicted octanol–water partition coefficient (Wildman–Crippen LogP) is 1.52. The van der Waals surface area contributed by atoms with Gasteiger partial charge >= 0.3 is 0 Å². The van der Waals surface area contributed by atoms with Gasteiger partial charge in [0.25, 0.3) is 0 Å². The molecular weight excluding hydrogens is 252 g/mol. The van der Waals surface area contributed by atoms with Crippen LogP contribution in [-0.4, -0.2) is 21.2 Å². The van der Waals surface area contributed by atoms with Crippen LogP contribution in [0.2, 0.25) is 0 Å². The molecule has 1 aromatic heterocycles. The van der Waals surface area contributed by atoms with Crippen molar-refractivity contribution in [1.29, 1.82) is 0 Å². The Morgan fingerprint density at radius 3 is 2.84 bits per heavy atom. The van der Waals surface area contributed by atoms with Crippen LogP contribution in [-0.2, 0) is 13.6 Å². The van der Waals surface area contributed by atoms with Crippen LogP contribution in [0.3, 0.4) is 0 Å². The standard InChI is InChI=1S/C13H15F2N3O/c1-18-5-4-17-13(18)8-16-7-12(19)10-3-2-9(14)6-11(10)15/h2-6,12,16,19H,7-8H2,1H3. The van der Waals surface area contributed by atoms with E-state index in [9.17, 15) is 13.9 Å². The van der Waals surface area contributed by atoms with Crippen molar-refractivity contribution in [1.82, 2.24) is 14.9 Å². The summed E-state index contributed by atoms with van der Waals surface area (Å²) in [4.78, 5) is 4.11. The molecule has 19 heavy (non-hydrogen) atoms. The molecule has 0 amide bonds. The summed E-state index contributed by atoms with van der Waals surface area (Å²) >= 11 is 0. The van der Waals surface area contributed by atoms with Crippen molar-refractivity contribution in [2.75, 3.05) is 6.54 Å². The highest BCUT2D eigenvalue weighted by Crippen LogP contribution is 2.17. The zero-order chi connectivity index (χ0) is 13.8. The number of hydrogen-bond acceptors (Lipinski definition) is 3. The summed E-state index contributed by atoms with van der Waals surface area (Å²) in [5, 5.41) is 12.8. The first-order valence-corrected chi connectivity index (χ1v) is 5.88. The van der Waals surface area contributed by atoms with Crippen molar-refractivity contribution in [3.05, 3.63) is 53.6 Å². The van der Waals surface area contributed by atoms with Crippen molar-refractivity contribution >= 4 is 0 Å². The normalized spacial score (nSPS) is 12.6. The number of nitrogens with one attached hydrogen (secondary N) is 1. The number of aromatic nitrogens is 2. The van der Waals surface area contributed by atoms with Gasteiger partial charge in [-0.1, -0.05) is 6.07 Å². The molecule has 0 radical (unpaired) electrons. The maximum absolute atomic E-state index is 13.4. The maximum atomic E-state index is 13.4. The van der Waals surface area contributed by atoms with E-state index in [0.29, 0.717) is 6.54 Å². The number of aliphatic hydroxyl groups excluding tert-OH is 1. The monoisotopic (exact) mass is 267 g/mol. The Hall–Kier alpha value is -1.79. The van der Waals surface area contributed by atoms with E-state index in [2.05, 4.69) is 10.3 Å². The molecule has 1 unspecified atom stereocenters. The van der Waals surface area contributed by atoms with Gasteiger partial charge in [-0.2, -0.15) is 0 Å². The van der Waals surface area contributed by atoms with Gasteiger partial charge in [0.2, 0.25) is 0 Å². The Bertz CT molecular complexity index is 557. The molecule has 102 valence electrons. The fraction of sp³-hybridized carbons (Fsp3) is 0.308. The molecule has 1 aromatic carbocycles.